The molecular weight excluding hydrogens is 322 g/mol. The van der Waals surface area contributed by atoms with E-state index in [2.05, 4.69) is 31.0 Å². The highest BCUT2D eigenvalue weighted by Crippen LogP contribution is 2.22. The van der Waals surface area contributed by atoms with Gasteiger partial charge >= 0.3 is 0 Å². The summed E-state index contributed by atoms with van der Waals surface area (Å²) in [5.41, 5.74) is 5.94. The molecule has 1 aromatic heterocycles. The molecule has 1 fully saturated rings. The van der Waals surface area contributed by atoms with Crippen molar-refractivity contribution in [2.24, 2.45) is 12.8 Å². The van der Waals surface area contributed by atoms with Crippen LogP contribution in [0.1, 0.15) is 25.7 Å². The molecule has 9 heteroatoms. The summed E-state index contributed by atoms with van der Waals surface area (Å²) in [6.45, 7) is 0. The highest BCUT2D eigenvalue weighted by molar-refractivity contribution is 9.10. The van der Waals surface area contributed by atoms with Crippen molar-refractivity contribution in [2.75, 3.05) is 0 Å². The highest BCUT2D eigenvalue weighted by atomic mass is 79.9. The molecule has 18 heavy (non-hydrogen) atoms. The number of nitrogens with zero attached hydrogens (tertiary/aromatic N) is 3. The highest BCUT2D eigenvalue weighted by Gasteiger charge is 2.30. The van der Waals surface area contributed by atoms with Crippen molar-refractivity contribution in [1.29, 1.82) is 0 Å². The van der Waals surface area contributed by atoms with Gasteiger partial charge < -0.3 is 5.73 Å². The van der Waals surface area contributed by atoms with Crippen LogP contribution in [0.15, 0.2) is 9.63 Å². The zero-order valence-corrected chi connectivity index (χ0v) is 12.4. The van der Waals surface area contributed by atoms with Gasteiger partial charge in [0.15, 0.2) is 4.60 Å². The normalized spacial score (nSPS) is 25.3. The summed E-state index contributed by atoms with van der Waals surface area (Å²) in [5, 5.41) is 7.37. The van der Waals surface area contributed by atoms with E-state index in [1.54, 1.807) is 0 Å². The van der Waals surface area contributed by atoms with E-state index >= 15 is 0 Å². The van der Waals surface area contributed by atoms with Crippen molar-refractivity contribution in [3.05, 3.63) is 4.60 Å². The van der Waals surface area contributed by atoms with Crippen LogP contribution in [0.3, 0.4) is 0 Å². The van der Waals surface area contributed by atoms with Gasteiger partial charge in [0.2, 0.25) is 5.03 Å². The lowest BCUT2D eigenvalue weighted by atomic mass is 9.92. The summed E-state index contributed by atoms with van der Waals surface area (Å²) in [5.74, 6) is 0. The van der Waals surface area contributed by atoms with Crippen LogP contribution in [0.2, 0.25) is 0 Å². The van der Waals surface area contributed by atoms with E-state index in [-0.39, 0.29) is 21.7 Å². The monoisotopic (exact) mass is 337 g/mol. The number of halogens is 1. The molecule has 0 radical (unpaired) electrons. The van der Waals surface area contributed by atoms with Gasteiger partial charge in [0.05, 0.1) is 0 Å². The molecule has 2 rings (SSSR count). The molecule has 102 valence electrons. The first kappa shape index (κ1) is 13.9. The van der Waals surface area contributed by atoms with Crippen LogP contribution < -0.4 is 10.5 Å². The number of aryl methyl sites for hydroxylation is 1. The Bertz CT molecular complexity index is 510. The molecule has 0 saturated heterocycles. The fourth-order valence-corrected chi connectivity index (χ4v) is 4.59. The van der Waals surface area contributed by atoms with E-state index in [9.17, 15) is 8.42 Å². The maximum absolute atomic E-state index is 12.3. The summed E-state index contributed by atoms with van der Waals surface area (Å²) < 4.78 is 28.6. The van der Waals surface area contributed by atoms with Gasteiger partial charge in [-0.15, -0.1) is 5.10 Å². The molecule has 1 aliphatic carbocycles. The first-order valence-corrected chi connectivity index (χ1v) is 8.02. The molecule has 0 aliphatic heterocycles. The second kappa shape index (κ2) is 5.24. The largest absolute Gasteiger partial charge is 0.326 e. The Morgan fingerprint density at radius 3 is 2.67 bits per heavy atom. The number of aromatic nitrogens is 3. The van der Waals surface area contributed by atoms with Crippen molar-refractivity contribution in [3.63, 3.8) is 0 Å². The molecule has 3 N–H and O–H groups in total. The standard InChI is InChI=1S/C9H16BrN5O2S/c1-15-9(8(10)12-14-15)18(16,17)13-7-5-3-2-4-6(7)11/h6-7,13H,2-5,11H2,1H3. The molecule has 1 heterocycles. The zero-order valence-electron chi connectivity index (χ0n) is 10.0. The lowest BCUT2D eigenvalue weighted by molar-refractivity contribution is 0.360. The topological polar surface area (TPSA) is 103 Å². The number of rotatable bonds is 3. The Hall–Kier alpha value is -0.510. The lowest BCUT2D eigenvalue weighted by Crippen LogP contribution is -2.49. The van der Waals surface area contributed by atoms with Crippen LogP contribution in [0.5, 0.6) is 0 Å². The van der Waals surface area contributed by atoms with E-state index in [4.69, 9.17) is 5.73 Å². The van der Waals surface area contributed by atoms with E-state index in [1.807, 2.05) is 0 Å². The molecule has 2 unspecified atom stereocenters. The van der Waals surface area contributed by atoms with Crippen LogP contribution >= 0.6 is 15.9 Å². The van der Waals surface area contributed by atoms with Crippen LogP contribution in [0.25, 0.3) is 0 Å². The average molecular weight is 338 g/mol. The molecule has 0 amide bonds. The van der Waals surface area contributed by atoms with Gasteiger partial charge in [0, 0.05) is 19.1 Å². The predicted molar refractivity (Wildman–Crippen MR) is 69.3 cm³/mol. The smallest absolute Gasteiger partial charge is 0.260 e. The third-order valence-corrected chi connectivity index (χ3v) is 5.49. The maximum atomic E-state index is 12.3. The number of sulfonamides is 1. The first-order chi connectivity index (χ1) is 8.42. The summed E-state index contributed by atoms with van der Waals surface area (Å²) in [6.07, 6.45) is 3.66. The molecule has 1 saturated carbocycles. The third kappa shape index (κ3) is 2.73. The molecular formula is C9H16BrN5O2S. The second-order valence-electron chi connectivity index (χ2n) is 4.49. The lowest BCUT2D eigenvalue weighted by Gasteiger charge is -2.28. The van der Waals surface area contributed by atoms with Gasteiger partial charge in [-0.25, -0.2) is 17.8 Å². The first-order valence-electron chi connectivity index (χ1n) is 5.75. The van der Waals surface area contributed by atoms with Crippen molar-refractivity contribution in [1.82, 2.24) is 19.7 Å². The van der Waals surface area contributed by atoms with Crippen LogP contribution in [-0.4, -0.2) is 35.5 Å². The summed E-state index contributed by atoms with van der Waals surface area (Å²) >= 11 is 3.09. The molecule has 1 aromatic rings. The third-order valence-electron chi connectivity index (χ3n) is 3.12. The van der Waals surface area contributed by atoms with E-state index < -0.39 is 10.0 Å². The fraction of sp³-hybridized carbons (Fsp3) is 0.778. The van der Waals surface area contributed by atoms with Crippen molar-refractivity contribution < 1.29 is 8.42 Å². The average Bonchev–Trinajstić information content (AvgIpc) is 2.62. The van der Waals surface area contributed by atoms with Crippen molar-refractivity contribution >= 4 is 26.0 Å². The molecule has 0 aromatic carbocycles. The molecule has 2 atom stereocenters. The van der Waals surface area contributed by atoms with Crippen molar-refractivity contribution in [2.45, 2.75) is 42.8 Å². The Labute approximate surface area is 114 Å². The van der Waals surface area contributed by atoms with Gasteiger partial charge in [-0.3, -0.25) is 0 Å². The second-order valence-corrected chi connectivity index (χ2v) is 6.87. The van der Waals surface area contributed by atoms with Crippen LogP contribution in [-0.2, 0) is 17.1 Å². The van der Waals surface area contributed by atoms with Crippen molar-refractivity contribution in [3.8, 4) is 0 Å². The number of nitrogens with two attached hydrogens (primary N) is 1. The molecule has 1 aliphatic rings. The van der Waals surface area contributed by atoms with Gasteiger partial charge in [0.1, 0.15) is 0 Å². The molecule has 0 spiro atoms. The van der Waals surface area contributed by atoms with E-state index in [1.165, 1.54) is 11.7 Å². The summed E-state index contributed by atoms with van der Waals surface area (Å²) in [4.78, 5) is 0. The maximum Gasteiger partial charge on any atom is 0.260 e. The number of nitrogens with one attached hydrogen (secondary N) is 1. The fourth-order valence-electron chi connectivity index (χ4n) is 2.17. The quantitative estimate of drug-likeness (QED) is 0.815. The van der Waals surface area contributed by atoms with Crippen LogP contribution in [0.4, 0.5) is 0 Å². The van der Waals surface area contributed by atoms with E-state index in [0.717, 1.165) is 25.7 Å². The van der Waals surface area contributed by atoms with Gasteiger partial charge in [-0.2, -0.15) is 0 Å². The summed E-state index contributed by atoms with van der Waals surface area (Å²) in [7, 11) is -2.11. The minimum Gasteiger partial charge on any atom is -0.326 e. The number of hydrogen-bond donors (Lipinski definition) is 2. The molecule has 7 nitrogen and oxygen atoms in total. The Morgan fingerprint density at radius 1 is 1.44 bits per heavy atom. The Morgan fingerprint density at radius 2 is 2.11 bits per heavy atom. The zero-order chi connectivity index (χ0) is 13.3. The Balaban J connectivity index is 2.22. The van der Waals surface area contributed by atoms with Gasteiger partial charge in [0.25, 0.3) is 10.0 Å². The van der Waals surface area contributed by atoms with Crippen LogP contribution in [0, 0.1) is 0 Å². The molecule has 0 bridgehead atoms. The minimum absolute atomic E-state index is 0.0280. The SMILES string of the molecule is Cn1nnc(Br)c1S(=O)(=O)NC1CCCCC1N. The Kier molecular flexibility index (Phi) is 4.05. The van der Waals surface area contributed by atoms with Gasteiger partial charge in [-0.1, -0.05) is 18.1 Å². The van der Waals surface area contributed by atoms with E-state index in [0.29, 0.717) is 0 Å². The van der Waals surface area contributed by atoms with Gasteiger partial charge in [-0.05, 0) is 28.8 Å². The predicted octanol–water partition coefficient (Wildman–Crippen LogP) is 0.126. The minimum atomic E-state index is -3.65. The number of hydrogen-bond acceptors (Lipinski definition) is 5. The summed E-state index contributed by atoms with van der Waals surface area (Å²) in [6, 6.07) is -0.348.